The third-order valence-corrected chi connectivity index (χ3v) is 2.20. The van der Waals surface area contributed by atoms with Crippen molar-refractivity contribution in [2.24, 2.45) is 0 Å². The first-order chi connectivity index (χ1) is 9.15. The van der Waals surface area contributed by atoms with Gasteiger partial charge >= 0.3 is 6.09 Å². The van der Waals surface area contributed by atoms with Gasteiger partial charge in [-0.25, -0.2) is 18.0 Å². The van der Waals surface area contributed by atoms with Crippen molar-refractivity contribution in [3.8, 4) is 0 Å². The molecule has 1 N–H and O–H groups in total. The second kappa shape index (κ2) is 5.94. The Balaban J connectivity index is 3.01. The molecular formula is C13H14F3NO3. The molecule has 0 radical (unpaired) electrons. The maximum absolute atomic E-state index is 13.5. The molecule has 20 heavy (non-hydrogen) atoms. The second-order valence-electron chi connectivity index (χ2n) is 5.02. The first-order valence-corrected chi connectivity index (χ1v) is 5.74. The van der Waals surface area contributed by atoms with Crippen molar-refractivity contribution in [3.63, 3.8) is 0 Å². The van der Waals surface area contributed by atoms with E-state index in [0.29, 0.717) is 12.1 Å². The Morgan fingerprint density at radius 2 is 1.80 bits per heavy atom. The normalized spacial score (nSPS) is 12.7. The predicted octanol–water partition coefficient (Wildman–Crippen LogP) is 2.87. The van der Waals surface area contributed by atoms with Crippen LogP contribution in [-0.2, 0) is 9.53 Å². The molecule has 0 saturated heterocycles. The Morgan fingerprint density at radius 3 is 2.30 bits per heavy atom. The first kappa shape index (κ1) is 16.0. The first-order valence-electron chi connectivity index (χ1n) is 5.74. The molecule has 1 unspecified atom stereocenters. The van der Waals surface area contributed by atoms with E-state index in [1.807, 2.05) is 5.32 Å². The number of hydrogen-bond donors (Lipinski definition) is 1. The van der Waals surface area contributed by atoms with Gasteiger partial charge in [-0.1, -0.05) is 0 Å². The van der Waals surface area contributed by atoms with Crippen LogP contribution < -0.4 is 5.32 Å². The minimum Gasteiger partial charge on any atom is -0.444 e. The van der Waals surface area contributed by atoms with Crippen molar-refractivity contribution in [1.82, 2.24) is 5.32 Å². The third kappa shape index (κ3) is 3.97. The molecule has 0 saturated carbocycles. The molecule has 0 aromatic heterocycles. The van der Waals surface area contributed by atoms with E-state index in [0.717, 1.165) is 0 Å². The summed E-state index contributed by atoms with van der Waals surface area (Å²) in [6.45, 7) is 4.73. The monoisotopic (exact) mass is 289 g/mol. The third-order valence-electron chi connectivity index (χ3n) is 2.20. The molecule has 1 atom stereocenters. The lowest BCUT2D eigenvalue weighted by Gasteiger charge is -2.22. The van der Waals surface area contributed by atoms with Crippen LogP contribution in [0.5, 0.6) is 0 Å². The van der Waals surface area contributed by atoms with E-state index in [-0.39, 0.29) is 6.29 Å². The highest BCUT2D eigenvalue weighted by Crippen LogP contribution is 2.22. The molecule has 1 amide bonds. The summed E-state index contributed by atoms with van der Waals surface area (Å²) < 4.78 is 44.9. The summed E-state index contributed by atoms with van der Waals surface area (Å²) in [7, 11) is 0. The zero-order valence-corrected chi connectivity index (χ0v) is 11.2. The molecule has 1 aromatic carbocycles. The fourth-order valence-corrected chi connectivity index (χ4v) is 1.44. The van der Waals surface area contributed by atoms with Crippen LogP contribution in [0.25, 0.3) is 0 Å². The minimum absolute atomic E-state index is 0.0881. The average Bonchev–Trinajstić information content (AvgIpc) is 2.30. The van der Waals surface area contributed by atoms with Crippen LogP contribution in [-0.4, -0.2) is 18.0 Å². The summed E-state index contributed by atoms with van der Waals surface area (Å²) in [5, 5.41) is 1.97. The number of ether oxygens (including phenoxy) is 1. The summed E-state index contributed by atoms with van der Waals surface area (Å²) in [4.78, 5) is 22.4. The van der Waals surface area contributed by atoms with Crippen LogP contribution in [0.3, 0.4) is 0 Å². The van der Waals surface area contributed by atoms with E-state index in [2.05, 4.69) is 0 Å². The molecular weight excluding hydrogens is 275 g/mol. The number of benzene rings is 1. The lowest BCUT2D eigenvalue weighted by molar-refractivity contribution is -0.109. The maximum atomic E-state index is 13.5. The van der Waals surface area contributed by atoms with Crippen molar-refractivity contribution in [1.29, 1.82) is 0 Å². The highest BCUT2D eigenvalue weighted by Gasteiger charge is 2.26. The highest BCUT2D eigenvalue weighted by atomic mass is 19.2. The van der Waals surface area contributed by atoms with Gasteiger partial charge in [0.2, 0.25) is 0 Å². The van der Waals surface area contributed by atoms with Crippen LogP contribution in [0.1, 0.15) is 32.4 Å². The summed E-state index contributed by atoms with van der Waals surface area (Å²) in [6.07, 6.45) is -0.956. The number of hydrogen-bond acceptors (Lipinski definition) is 3. The molecule has 0 spiro atoms. The number of rotatable bonds is 3. The van der Waals surface area contributed by atoms with Crippen LogP contribution in [0.4, 0.5) is 18.0 Å². The number of amides is 1. The Hall–Kier alpha value is -2.05. The Morgan fingerprint density at radius 1 is 1.25 bits per heavy atom. The van der Waals surface area contributed by atoms with Gasteiger partial charge in [-0.05, 0) is 32.9 Å². The number of carbonyl (C=O) groups excluding carboxylic acids is 2. The van der Waals surface area contributed by atoms with Gasteiger partial charge in [0.05, 0.1) is 5.56 Å². The molecule has 4 nitrogen and oxygen atoms in total. The molecule has 1 aromatic rings. The molecule has 0 heterocycles. The van der Waals surface area contributed by atoms with Crippen molar-refractivity contribution < 1.29 is 27.5 Å². The van der Waals surface area contributed by atoms with Gasteiger partial charge in [-0.3, -0.25) is 0 Å². The molecule has 1 rings (SSSR count). The largest absolute Gasteiger partial charge is 0.444 e. The van der Waals surface area contributed by atoms with Crippen molar-refractivity contribution in [2.45, 2.75) is 32.4 Å². The number of carbonyl (C=O) groups is 2. The lowest BCUT2D eigenvalue weighted by atomic mass is 10.1. The Kier molecular flexibility index (Phi) is 4.75. The summed E-state index contributed by atoms with van der Waals surface area (Å²) >= 11 is 0. The summed E-state index contributed by atoms with van der Waals surface area (Å²) in [6, 6.07) is -0.426. The van der Waals surface area contributed by atoms with Crippen LogP contribution in [0.2, 0.25) is 0 Å². The van der Waals surface area contributed by atoms with Gasteiger partial charge in [0.25, 0.3) is 0 Å². The van der Waals surface area contributed by atoms with Gasteiger partial charge < -0.3 is 14.8 Å². The van der Waals surface area contributed by atoms with Crippen LogP contribution in [0, 0.1) is 17.5 Å². The van der Waals surface area contributed by atoms with Gasteiger partial charge in [-0.2, -0.15) is 0 Å². The van der Waals surface area contributed by atoms with Gasteiger partial charge in [0, 0.05) is 0 Å². The lowest BCUT2D eigenvalue weighted by Crippen LogP contribution is -2.36. The maximum Gasteiger partial charge on any atom is 0.408 e. The number of nitrogens with one attached hydrogen (secondary N) is 1. The van der Waals surface area contributed by atoms with E-state index in [1.54, 1.807) is 20.8 Å². The summed E-state index contributed by atoms with van der Waals surface area (Å²) in [5.41, 5.74) is -1.72. The number of aldehydes is 1. The molecule has 0 aliphatic rings. The van der Waals surface area contributed by atoms with Crippen molar-refractivity contribution >= 4 is 12.4 Å². The molecule has 0 aliphatic carbocycles. The number of alkyl carbamates (subject to hydrolysis) is 1. The zero-order valence-electron chi connectivity index (χ0n) is 11.2. The van der Waals surface area contributed by atoms with E-state index >= 15 is 0 Å². The fraction of sp³-hybridized carbons (Fsp3) is 0.385. The predicted molar refractivity (Wildman–Crippen MR) is 64.5 cm³/mol. The van der Waals surface area contributed by atoms with Gasteiger partial charge in [-0.15, -0.1) is 0 Å². The zero-order chi connectivity index (χ0) is 15.5. The smallest absolute Gasteiger partial charge is 0.408 e. The molecule has 0 fully saturated rings. The van der Waals surface area contributed by atoms with Gasteiger partial charge in [0.1, 0.15) is 23.7 Å². The molecule has 0 aliphatic heterocycles. The van der Waals surface area contributed by atoms with E-state index < -0.39 is 40.8 Å². The highest BCUT2D eigenvalue weighted by molar-refractivity contribution is 5.74. The van der Waals surface area contributed by atoms with Crippen LogP contribution >= 0.6 is 0 Å². The quantitative estimate of drug-likeness (QED) is 0.687. The number of halogens is 3. The van der Waals surface area contributed by atoms with Crippen molar-refractivity contribution in [2.75, 3.05) is 0 Å². The van der Waals surface area contributed by atoms with E-state index in [1.165, 1.54) is 0 Å². The summed E-state index contributed by atoms with van der Waals surface area (Å²) in [5.74, 6) is -3.99. The minimum atomic E-state index is -1.68. The van der Waals surface area contributed by atoms with E-state index in [4.69, 9.17) is 4.74 Å². The van der Waals surface area contributed by atoms with Crippen molar-refractivity contribution in [3.05, 3.63) is 35.1 Å². The molecule has 7 heteroatoms. The second-order valence-corrected chi connectivity index (χ2v) is 5.02. The molecule has 110 valence electrons. The van der Waals surface area contributed by atoms with Crippen LogP contribution in [0.15, 0.2) is 12.1 Å². The average molecular weight is 289 g/mol. The Labute approximate surface area is 113 Å². The topological polar surface area (TPSA) is 55.4 Å². The fourth-order valence-electron chi connectivity index (χ4n) is 1.44. The van der Waals surface area contributed by atoms with Gasteiger partial charge in [0.15, 0.2) is 11.6 Å². The molecule has 0 bridgehead atoms. The Bertz CT molecular complexity index is 526. The SMILES string of the molecule is CC(C)(C)OC(=O)NC(C=O)c1c(F)ccc(F)c1F. The van der Waals surface area contributed by atoms with E-state index in [9.17, 15) is 22.8 Å². The standard InChI is InChI=1S/C13H14F3NO3/c1-13(2,3)20-12(19)17-9(6-18)10-7(14)4-5-8(15)11(10)16/h4-6,9H,1-3H3,(H,17,19).